The fourth-order valence-corrected chi connectivity index (χ4v) is 4.50. The summed E-state index contributed by atoms with van der Waals surface area (Å²) in [6.07, 6.45) is 0.797. The molecule has 4 rings (SSSR count). The summed E-state index contributed by atoms with van der Waals surface area (Å²) in [4.78, 5) is 26.5. The van der Waals surface area contributed by atoms with Crippen molar-refractivity contribution in [3.8, 4) is 5.75 Å². The van der Waals surface area contributed by atoms with Gasteiger partial charge in [-0.05, 0) is 66.6 Å². The highest BCUT2D eigenvalue weighted by Gasteiger charge is 2.33. The molecule has 0 bridgehead atoms. The van der Waals surface area contributed by atoms with E-state index in [0.29, 0.717) is 24.3 Å². The van der Waals surface area contributed by atoms with Crippen LogP contribution in [-0.4, -0.2) is 27.4 Å². The van der Waals surface area contributed by atoms with Crippen molar-refractivity contribution in [1.82, 2.24) is 4.90 Å². The molecular weight excluding hydrogens is 418 g/mol. The second-order valence-electron chi connectivity index (χ2n) is 8.58. The summed E-state index contributed by atoms with van der Waals surface area (Å²) in [6, 6.07) is 15.7. The van der Waals surface area contributed by atoms with Crippen molar-refractivity contribution in [1.29, 1.82) is 0 Å². The van der Waals surface area contributed by atoms with Crippen molar-refractivity contribution in [2.45, 2.75) is 39.8 Å². The zero-order valence-electron chi connectivity index (χ0n) is 19.0. The Morgan fingerprint density at radius 2 is 1.88 bits per heavy atom. The summed E-state index contributed by atoms with van der Waals surface area (Å²) in [6.45, 7) is 6.59. The number of nitro benzene ring substituents is 1. The van der Waals surface area contributed by atoms with Crippen LogP contribution >= 0.6 is 0 Å². The number of aryl methyl sites for hydroxylation is 1. The number of anilines is 1. The van der Waals surface area contributed by atoms with Crippen LogP contribution in [0.3, 0.4) is 0 Å². The molecule has 2 N–H and O–H groups in total. The van der Waals surface area contributed by atoms with Gasteiger partial charge in [-0.25, -0.2) is 0 Å². The third kappa shape index (κ3) is 4.45. The maximum atomic E-state index is 13.6. The minimum Gasteiger partial charge on any atom is -0.507 e. The van der Waals surface area contributed by atoms with Crippen molar-refractivity contribution in [3.63, 3.8) is 0 Å². The number of nitro groups is 1. The molecule has 0 saturated carbocycles. The Hall–Kier alpha value is -3.71. The Bertz CT molecular complexity index is 1240. The first-order valence-corrected chi connectivity index (χ1v) is 10.9. The lowest BCUT2D eigenvalue weighted by Gasteiger charge is -2.36. The minimum absolute atomic E-state index is 0.0385. The van der Waals surface area contributed by atoms with Gasteiger partial charge in [-0.3, -0.25) is 19.8 Å². The number of hydrogen-bond donors (Lipinski definition) is 2. The number of amides is 1. The average Bonchev–Trinajstić information content (AvgIpc) is 2.81. The van der Waals surface area contributed by atoms with E-state index in [9.17, 15) is 20.0 Å². The van der Waals surface area contributed by atoms with Crippen molar-refractivity contribution in [2.24, 2.45) is 0 Å². The first-order valence-electron chi connectivity index (χ1n) is 10.9. The number of aromatic hydroxyl groups is 1. The zero-order chi connectivity index (χ0) is 23.7. The van der Waals surface area contributed by atoms with Crippen molar-refractivity contribution in [3.05, 3.63) is 98.1 Å². The summed E-state index contributed by atoms with van der Waals surface area (Å²) in [5.74, 6) is 0.0704. The molecular formula is C26H27N3O4. The number of phenols is 1. The minimum atomic E-state index is -0.539. The van der Waals surface area contributed by atoms with Gasteiger partial charge in [0.2, 0.25) is 5.91 Å². The van der Waals surface area contributed by atoms with Gasteiger partial charge in [-0.2, -0.15) is 0 Å². The molecule has 1 amide bonds. The van der Waals surface area contributed by atoms with Crippen LogP contribution in [0.15, 0.2) is 54.6 Å². The standard InChI is InChI=1S/C26H27N3O4/c1-16-13-23(17(2)18(3)25(16)30)27-26(31)24-22-10-5-4-8-20(22)11-12-28(24)15-19-7-6-9-21(14-19)29(32)33/h4-10,13-14,24,30H,11-12,15H2,1-3H3,(H,27,31). The Morgan fingerprint density at radius 1 is 1.12 bits per heavy atom. The largest absolute Gasteiger partial charge is 0.507 e. The highest BCUT2D eigenvalue weighted by Crippen LogP contribution is 2.35. The van der Waals surface area contributed by atoms with Gasteiger partial charge < -0.3 is 10.4 Å². The molecule has 1 atom stereocenters. The normalized spacial score (nSPS) is 15.7. The molecule has 1 aliphatic heterocycles. The van der Waals surface area contributed by atoms with Gasteiger partial charge in [0.1, 0.15) is 11.8 Å². The van der Waals surface area contributed by atoms with Crippen LogP contribution in [0.5, 0.6) is 5.75 Å². The quantitative estimate of drug-likeness (QED) is 0.329. The second kappa shape index (κ2) is 9.03. The Kier molecular flexibility index (Phi) is 6.16. The third-order valence-electron chi connectivity index (χ3n) is 6.45. The van der Waals surface area contributed by atoms with E-state index in [4.69, 9.17) is 0 Å². The molecule has 1 unspecified atom stereocenters. The molecule has 1 heterocycles. The summed E-state index contributed by atoms with van der Waals surface area (Å²) in [5.41, 5.74) is 5.82. The fraction of sp³-hybridized carbons (Fsp3) is 0.269. The van der Waals surface area contributed by atoms with Crippen LogP contribution < -0.4 is 5.32 Å². The Morgan fingerprint density at radius 3 is 2.64 bits per heavy atom. The first-order chi connectivity index (χ1) is 15.8. The molecule has 3 aromatic carbocycles. The summed E-state index contributed by atoms with van der Waals surface area (Å²) < 4.78 is 0. The topological polar surface area (TPSA) is 95.7 Å². The lowest BCUT2D eigenvalue weighted by atomic mass is 9.91. The second-order valence-corrected chi connectivity index (χ2v) is 8.58. The van der Waals surface area contributed by atoms with Crippen molar-refractivity contribution < 1.29 is 14.8 Å². The van der Waals surface area contributed by atoms with Crippen LogP contribution in [0.2, 0.25) is 0 Å². The number of phenolic OH excluding ortho intramolecular Hbond substituents is 1. The number of carbonyl (C=O) groups is 1. The summed E-state index contributed by atoms with van der Waals surface area (Å²) in [7, 11) is 0. The molecule has 7 nitrogen and oxygen atoms in total. The van der Waals surface area contributed by atoms with E-state index in [1.165, 1.54) is 6.07 Å². The molecule has 0 spiro atoms. The van der Waals surface area contributed by atoms with Gasteiger partial charge in [-0.15, -0.1) is 0 Å². The van der Waals surface area contributed by atoms with Gasteiger partial charge in [0.25, 0.3) is 5.69 Å². The van der Waals surface area contributed by atoms with Gasteiger partial charge in [0, 0.05) is 30.9 Å². The predicted octanol–water partition coefficient (Wildman–Crippen LogP) is 4.96. The molecule has 3 aromatic rings. The molecule has 0 fully saturated rings. The van der Waals surface area contributed by atoms with E-state index in [1.54, 1.807) is 18.2 Å². The molecule has 0 aliphatic carbocycles. The number of carbonyl (C=O) groups excluding carboxylic acids is 1. The Labute approximate surface area is 192 Å². The molecule has 0 saturated heterocycles. The highest BCUT2D eigenvalue weighted by molar-refractivity contribution is 5.97. The maximum Gasteiger partial charge on any atom is 0.269 e. The van der Waals surface area contributed by atoms with Crippen LogP contribution in [-0.2, 0) is 17.8 Å². The number of benzene rings is 3. The smallest absolute Gasteiger partial charge is 0.269 e. The lowest BCUT2D eigenvalue weighted by molar-refractivity contribution is -0.384. The molecule has 1 aliphatic rings. The SMILES string of the molecule is Cc1cc(NC(=O)C2c3ccccc3CCN2Cc2cccc([N+](=O)[O-])c2)c(C)c(C)c1O. The monoisotopic (exact) mass is 445 g/mol. The Balaban J connectivity index is 1.68. The first kappa shape index (κ1) is 22.5. The van der Waals surface area contributed by atoms with Gasteiger partial charge in [0.05, 0.1) is 4.92 Å². The molecule has 33 heavy (non-hydrogen) atoms. The molecule has 7 heteroatoms. The van der Waals surface area contributed by atoms with Crippen molar-refractivity contribution in [2.75, 3.05) is 11.9 Å². The lowest BCUT2D eigenvalue weighted by Crippen LogP contribution is -2.41. The number of nitrogens with zero attached hydrogens (tertiary/aromatic N) is 2. The van der Waals surface area contributed by atoms with E-state index >= 15 is 0 Å². The fourth-order valence-electron chi connectivity index (χ4n) is 4.50. The van der Waals surface area contributed by atoms with E-state index in [2.05, 4.69) is 10.2 Å². The summed E-state index contributed by atoms with van der Waals surface area (Å²) in [5, 5.41) is 24.5. The van der Waals surface area contributed by atoms with Gasteiger partial charge in [0.15, 0.2) is 0 Å². The highest BCUT2D eigenvalue weighted by atomic mass is 16.6. The van der Waals surface area contributed by atoms with E-state index in [0.717, 1.165) is 34.2 Å². The maximum absolute atomic E-state index is 13.6. The number of rotatable bonds is 5. The number of hydrogen-bond acceptors (Lipinski definition) is 5. The van der Waals surface area contributed by atoms with Crippen LogP contribution in [0.25, 0.3) is 0 Å². The van der Waals surface area contributed by atoms with Crippen molar-refractivity contribution >= 4 is 17.3 Å². The van der Waals surface area contributed by atoms with E-state index in [-0.39, 0.29) is 17.3 Å². The molecule has 170 valence electrons. The number of nitrogens with one attached hydrogen (secondary N) is 1. The van der Waals surface area contributed by atoms with Gasteiger partial charge >= 0.3 is 0 Å². The summed E-state index contributed by atoms with van der Waals surface area (Å²) >= 11 is 0. The van der Waals surface area contributed by atoms with E-state index in [1.807, 2.05) is 51.1 Å². The van der Waals surface area contributed by atoms with E-state index < -0.39 is 11.0 Å². The molecule has 0 radical (unpaired) electrons. The third-order valence-corrected chi connectivity index (χ3v) is 6.45. The van der Waals surface area contributed by atoms with Crippen LogP contribution in [0.1, 0.15) is 39.4 Å². The predicted molar refractivity (Wildman–Crippen MR) is 127 cm³/mol. The van der Waals surface area contributed by atoms with Crippen LogP contribution in [0, 0.1) is 30.9 Å². The number of non-ortho nitro benzene ring substituents is 1. The van der Waals surface area contributed by atoms with Gasteiger partial charge in [-0.1, -0.05) is 36.4 Å². The number of fused-ring (bicyclic) bond motifs is 1. The zero-order valence-corrected chi connectivity index (χ0v) is 19.0. The average molecular weight is 446 g/mol. The molecule has 0 aromatic heterocycles. The van der Waals surface area contributed by atoms with Crippen LogP contribution in [0.4, 0.5) is 11.4 Å².